The molecule has 1 unspecified atom stereocenters. The molecule has 0 spiro atoms. The van der Waals surface area contributed by atoms with E-state index in [1.54, 1.807) is 6.33 Å². The van der Waals surface area contributed by atoms with E-state index < -0.39 is 0 Å². The van der Waals surface area contributed by atoms with Gasteiger partial charge in [-0.1, -0.05) is 13.8 Å². The van der Waals surface area contributed by atoms with Crippen molar-refractivity contribution in [1.82, 2.24) is 29.9 Å². The van der Waals surface area contributed by atoms with Crippen molar-refractivity contribution in [2.75, 3.05) is 6.54 Å². The number of nitrogens with one attached hydrogen (secondary N) is 1. The molecule has 0 amide bonds. The zero-order chi connectivity index (χ0) is 13.7. The predicted molar refractivity (Wildman–Crippen MR) is 73.7 cm³/mol. The zero-order valence-electron chi connectivity index (χ0n) is 11.9. The summed E-state index contributed by atoms with van der Waals surface area (Å²) in [6.45, 7) is 8.82. The average Bonchev–Trinajstić information content (AvgIpc) is 3.05. The van der Waals surface area contributed by atoms with Crippen molar-refractivity contribution in [2.45, 2.75) is 46.3 Å². The highest BCUT2D eigenvalue weighted by atomic mass is 15.4. The molecule has 0 saturated carbocycles. The summed E-state index contributed by atoms with van der Waals surface area (Å²) >= 11 is 0. The van der Waals surface area contributed by atoms with Crippen molar-refractivity contribution in [3.8, 4) is 0 Å². The van der Waals surface area contributed by atoms with Crippen LogP contribution < -0.4 is 5.32 Å². The first kappa shape index (κ1) is 13.7. The number of hydrogen-bond donors (Lipinski definition) is 1. The highest BCUT2D eigenvalue weighted by Gasteiger charge is 2.11. The van der Waals surface area contributed by atoms with Crippen LogP contribution in [0.2, 0.25) is 0 Å². The van der Waals surface area contributed by atoms with E-state index in [2.05, 4.69) is 47.5 Å². The summed E-state index contributed by atoms with van der Waals surface area (Å²) in [6.07, 6.45) is 6.68. The van der Waals surface area contributed by atoms with Crippen LogP contribution in [0.4, 0.5) is 0 Å². The Bertz CT molecular complexity index is 501. The summed E-state index contributed by atoms with van der Waals surface area (Å²) in [7, 11) is 0. The second kappa shape index (κ2) is 6.47. The third kappa shape index (κ3) is 3.20. The largest absolute Gasteiger partial charge is 0.310 e. The first-order valence-corrected chi connectivity index (χ1v) is 6.90. The van der Waals surface area contributed by atoms with E-state index in [0.29, 0.717) is 12.6 Å². The topological polar surface area (TPSA) is 60.6 Å². The van der Waals surface area contributed by atoms with Gasteiger partial charge in [-0.15, -0.1) is 0 Å². The molecular weight excluding hydrogens is 240 g/mol. The Labute approximate surface area is 113 Å². The Hall–Kier alpha value is -1.69. The van der Waals surface area contributed by atoms with Crippen molar-refractivity contribution in [3.05, 3.63) is 30.1 Å². The van der Waals surface area contributed by atoms with Crippen LogP contribution >= 0.6 is 0 Å². The van der Waals surface area contributed by atoms with E-state index in [0.717, 1.165) is 25.3 Å². The first-order chi connectivity index (χ1) is 9.28. The van der Waals surface area contributed by atoms with Gasteiger partial charge >= 0.3 is 0 Å². The highest BCUT2D eigenvalue weighted by Crippen LogP contribution is 2.15. The Morgan fingerprint density at radius 2 is 2.11 bits per heavy atom. The van der Waals surface area contributed by atoms with Crippen LogP contribution in [-0.2, 0) is 13.1 Å². The zero-order valence-corrected chi connectivity index (χ0v) is 11.9. The molecule has 0 radical (unpaired) electrons. The Kier molecular flexibility index (Phi) is 4.68. The summed E-state index contributed by atoms with van der Waals surface area (Å²) in [5.74, 6) is 0.939. The molecule has 104 valence electrons. The van der Waals surface area contributed by atoms with Gasteiger partial charge in [-0.3, -0.25) is 4.68 Å². The third-order valence-corrected chi connectivity index (χ3v) is 3.21. The molecule has 0 saturated heterocycles. The van der Waals surface area contributed by atoms with Gasteiger partial charge in [0.1, 0.15) is 18.7 Å². The van der Waals surface area contributed by atoms with Crippen molar-refractivity contribution < 1.29 is 0 Å². The lowest BCUT2D eigenvalue weighted by Gasteiger charge is -2.13. The number of aryl methyl sites for hydroxylation is 1. The summed E-state index contributed by atoms with van der Waals surface area (Å²) in [5, 5.41) is 12.0. The van der Waals surface area contributed by atoms with E-state index in [1.165, 1.54) is 5.56 Å². The molecule has 0 aliphatic heterocycles. The van der Waals surface area contributed by atoms with Crippen LogP contribution in [0.15, 0.2) is 18.7 Å². The lowest BCUT2D eigenvalue weighted by molar-refractivity contribution is 0.535. The van der Waals surface area contributed by atoms with Gasteiger partial charge in [0.25, 0.3) is 0 Å². The quantitative estimate of drug-likeness (QED) is 0.823. The smallest absolute Gasteiger partial charge is 0.148 e. The average molecular weight is 262 g/mol. The molecule has 0 aliphatic carbocycles. The minimum atomic E-state index is 0.378. The van der Waals surface area contributed by atoms with Crippen LogP contribution in [0, 0.1) is 0 Å². The van der Waals surface area contributed by atoms with Gasteiger partial charge in [-0.25, -0.2) is 9.67 Å². The molecule has 0 bridgehead atoms. The summed E-state index contributed by atoms with van der Waals surface area (Å²) < 4.78 is 3.81. The third-order valence-electron chi connectivity index (χ3n) is 3.21. The molecule has 0 aromatic carbocycles. The van der Waals surface area contributed by atoms with Gasteiger partial charge in [0, 0.05) is 24.3 Å². The standard InChI is InChI=1S/C13H22N6/c1-4-12(14-5-2)11-7-16-18(8-11)9-13-15-10-17-19(13)6-3/h7-8,10,12,14H,4-6,9H2,1-3H3. The van der Waals surface area contributed by atoms with E-state index in [1.807, 2.05) is 15.6 Å². The van der Waals surface area contributed by atoms with Crippen LogP contribution in [0.3, 0.4) is 0 Å². The monoisotopic (exact) mass is 262 g/mol. The summed E-state index contributed by atoms with van der Waals surface area (Å²) in [5.41, 5.74) is 1.23. The Morgan fingerprint density at radius 3 is 2.79 bits per heavy atom. The molecule has 2 heterocycles. The number of aromatic nitrogens is 5. The van der Waals surface area contributed by atoms with Crippen LogP contribution in [0.25, 0.3) is 0 Å². The molecule has 2 aromatic heterocycles. The van der Waals surface area contributed by atoms with Gasteiger partial charge in [0.05, 0.1) is 6.20 Å². The minimum absolute atomic E-state index is 0.378. The van der Waals surface area contributed by atoms with E-state index in [9.17, 15) is 0 Å². The predicted octanol–water partition coefficient (Wildman–Crippen LogP) is 1.60. The van der Waals surface area contributed by atoms with Crippen LogP contribution in [0.5, 0.6) is 0 Å². The molecule has 2 aromatic rings. The first-order valence-electron chi connectivity index (χ1n) is 6.90. The molecular formula is C13H22N6. The van der Waals surface area contributed by atoms with Gasteiger partial charge in [0.15, 0.2) is 0 Å². The number of rotatable bonds is 7. The summed E-state index contributed by atoms with van der Waals surface area (Å²) in [4.78, 5) is 4.27. The second-order valence-corrected chi connectivity index (χ2v) is 4.48. The number of nitrogens with zero attached hydrogens (tertiary/aromatic N) is 5. The Balaban J connectivity index is 2.08. The molecule has 6 nitrogen and oxygen atoms in total. The van der Waals surface area contributed by atoms with E-state index in [4.69, 9.17) is 0 Å². The molecule has 0 aliphatic rings. The minimum Gasteiger partial charge on any atom is -0.310 e. The van der Waals surface area contributed by atoms with Gasteiger partial charge in [0.2, 0.25) is 0 Å². The van der Waals surface area contributed by atoms with Crippen molar-refractivity contribution in [2.24, 2.45) is 0 Å². The van der Waals surface area contributed by atoms with Crippen molar-refractivity contribution >= 4 is 0 Å². The normalized spacial score (nSPS) is 12.8. The molecule has 6 heteroatoms. The van der Waals surface area contributed by atoms with E-state index in [-0.39, 0.29) is 0 Å². The fourth-order valence-electron chi connectivity index (χ4n) is 2.21. The fraction of sp³-hybridized carbons (Fsp3) is 0.615. The molecule has 0 fully saturated rings. The second-order valence-electron chi connectivity index (χ2n) is 4.48. The maximum absolute atomic E-state index is 4.41. The molecule has 1 N–H and O–H groups in total. The molecule has 1 atom stereocenters. The number of hydrogen-bond acceptors (Lipinski definition) is 4. The van der Waals surface area contributed by atoms with Crippen molar-refractivity contribution in [3.63, 3.8) is 0 Å². The molecule has 19 heavy (non-hydrogen) atoms. The summed E-state index contributed by atoms with van der Waals surface area (Å²) in [6, 6.07) is 0.378. The Morgan fingerprint density at radius 1 is 1.26 bits per heavy atom. The van der Waals surface area contributed by atoms with Gasteiger partial charge in [-0.05, 0) is 19.9 Å². The van der Waals surface area contributed by atoms with E-state index >= 15 is 0 Å². The lowest BCUT2D eigenvalue weighted by Crippen LogP contribution is -2.19. The van der Waals surface area contributed by atoms with Gasteiger partial charge in [-0.2, -0.15) is 10.2 Å². The maximum Gasteiger partial charge on any atom is 0.148 e. The highest BCUT2D eigenvalue weighted by molar-refractivity contribution is 5.10. The van der Waals surface area contributed by atoms with Crippen LogP contribution in [-0.4, -0.2) is 31.1 Å². The van der Waals surface area contributed by atoms with Gasteiger partial charge < -0.3 is 5.32 Å². The fourth-order valence-corrected chi connectivity index (χ4v) is 2.21. The lowest BCUT2D eigenvalue weighted by atomic mass is 10.1. The molecule has 2 rings (SSSR count). The maximum atomic E-state index is 4.41. The SMILES string of the molecule is CCNC(CC)c1cnn(Cc2ncnn2CC)c1. The van der Waals surface area contributed by atoms with Crippen molar-refractivity contribution in [1.29, 1.82) is 0 Å². The van der Waals surface area contributed by atoms with Crippen LogP contribution in [0.1, 0.15) is 44.6 Å².